The number of aromatic nitrogens is 2. The quantitative estimate of drug-likeness (QED) is 0.771. The molecule has 1 aromatic rings. The van der Waals surface area contributed by atoms with E-state index in [1.165, 1.54) is 0 Å². The molecule has 5 nitrogen and oxygen atoms in total. The first-order valence-electron chi connectivity index (χ1n) is 4.80. The van der Waals surface area contributed by atoms with Crippen LogP contribution in [0.15, 0.2) is 4.42 Å². The van der Waals surface area contributed by atoms with Crippen LogP contribution in [-0.2, 0) is 0 Å². The van der Waals surface area contributed by atoms with Crippen molar-refractivity contribution >= 4 is 12.0 Å². The van der Waals surface area contributed by atoms with Gasteiger partial charge in [-0.3, -0.25) is 0 Å². The van der Waals surface area contributed by atoms with Gasteiger partial charge in [0.25, 0.3) is 0 Å². The van der Waals surface area contributed by atoms with Gasteiger partial charge < -0.3 is 15.1 Å². The van der Waals surface area contributed by atoms with Gasteiger partial charge in [0.1, 0.15) is 0 Å². The summed E-state index contributed by atoms with van der Waals surface area (Å²) in [5.74, 6) is 0. The molecular formula is C9H16N4O. The van der Waals surface area contributed by atoms with E-state index in [1.54, 1.807) is 0 Å². The standard InChI is InChI=1S/C9H16N4O/c1-9(2)4-6(5-9)13(3)8-12-11-7(10)14-8/h6H,4-5H2,1-3H3,(H2,10,11). The summed E-state index contributed by atoms with van der Waals surface area (Å²) in [5.41, 5.74) is 5.81. The van der Waals surface area contributed by atoms with Crippen LogP contribution in [-0.4, -0.2) is 23.3 Å². The lowest BCUT2D eigenvalue weighted by molar-refractivity contribution is 0.147. The molecule has 0 aromatic carbocycles. The molecule has 1 aromatic heterocycles. The molecule has 1 fully saturated rings. The summed E-state index contributed by atoms with van der Waals surface area (Å²) >= 11 is 0. The Morgan fingerprint density at radius 2 is 2.07 bits per heavy atom. The van der Waals surface area contributed by atoms with Gasteiger partial charge in [-0.1, -0.05) is 24.0 Å². The first-order valence-corrected chi connectivity index (χ1v) is 4.80. The molecule has 0 spiro atoms. The van der Waals surface area contributed by atoms with Gasteiger partial charge >= 0.3 is 12.0 Å². The van der Waals surface area contributed by atoms with Crippen molar-refractivity contribution in [1.29, 1.82) is 0 Å². The summed E-state index contributed by atoms with van der Waals surface area (Å²) in [6, 6.07) is 1.15. The Kier molecular flexibility index (Phi) is 1.90. The second-order valence-corrected chi connectivity index (χ2v) is 4.76. The van der Waals surface area contributed by atoms with Crippen molar-refractivity contribution in [1.82, 2.24) is 10.2 Å². The normalized spacial score (nSPS) is 20.5. The number of hydrogen-bond donors (Lipinski definition) is 1. The smallest absolute Gasteiger partial charge is 0.319 e. The highest BCUT2D eigenvalue weighted by molar-refractivity contribution is 5.29. The Balaban J connectivity index is 2.00. The van der Waals surface area contributed by atoms with Gasteiger partial charge in [0.15, 0.2) is 0 Å². The SMILES string of the molecule is CN(c1nnc(N)o1)C1CC(C)(C)C1. The zero-order chi connectivity index (χ0) is 10.3. The minimum atomic E-state index is 0.130. The first kappa shape index (κ1) is 9.30. The molecule has 0 unspecified atom stereocenters. The van der Waals surface area contributed by atoms with Crippen LogP contribution in [0.5, 0.6) is 0 Å². The monoisotopic (exact) mass is 196 g/mol. The van der Waals surface area contributed by atoms with Gasteiger partial charge in [0.2, 0.25) is 0 Å². The fourth-order valence-electron chi connectivity index (χ4n) is 2.01. The highest BCUT2D eigenvalue weighted by Crippen LogP contribution is 2.43. The van der Waals surface area contributed by atoms with E-state index in [0.29, 0.717) is 17.5 Å². The van der Waals surface area contributed by atoms with E-state index in [9.17, 15) is 0 Å². The highest BCUT2D eigenvalue weighted by Gasteiger charge is 2.39. The summed E-state index contributed by atoms with van der Waals surface area (Å²) in [6.45, 7) is 4.53. The molecule has 0 bridgehead atoms. The number of hydrogen-bond acceptors (Lipinski definition) is 5. The molecule has 78 valence electrons. The van der Waals surface area contributed by atoms with Crippen LogP contribution in [0.2, 0.25) is 0 Å². The van der Waals surface area contributed by atoms with Gasteiger partial charge in [-0.15, -0.1) is 0 Å². The van der Waals surface area contributed by atoms with E-state index in [-0.39, 0.29) is 6.01 Å². The van der Waals surface area contributed by atoms with Crippen molar-refractivity contribution in [2.24, 2.45) is 5.41 Å². The Bertz CT molecular complexity index is 325. The van der Waals surface area contributed by atoms with E-state index in [0.717, 1.165) is 12.8 Å². The van der Waals surface area contributed by atoms with E-state index < -0.39 is 0 Å². The largest absolute Gasteiger partial charge is 0.390 e. The summed E-state index contributed by atoms with van der Waals surface area (Å²) < 4.78 is 5.15. The molecule has 1 saturated carbocycles. The van der Waals surface area contributed by atoms with E-state index in [2.05, 4.69) is 24.0 Å². The van der Waals surface area contributed by atoms with Crippen LogP contribution in [0.4, 0.5) is 12.0 Å². The Morgan fingerprint density at radius 3 is 2.50 bits per heavy atom. The fraction of sp³-hybridized carbons (Fsp3) is 0.778. The van der Waals surface area contributed by atoms with Crippen LogP contribution >= 0.6 is 0 Å². The summed E-state index contributed by atoms with van der Waals surface area (Å²) in [5, 5.41) is 7.48. The molecular weight excluding hydrogens is 180 g/mol. The molecule has 1 heterocycles. The van der Waals surface area contributed by atoms with Gasteiger partial charge in [-0.05, 0) is 18.3 Å². The Morgan fingerprint density at radius 1 is 1.43 bits per heavy atom. The van der Waals surface area contributed by atoms with Gasteiger partial charge in [0.05, 0.1) is 0 Å². The minimum Gasteiger partial charge on any atom is -0.390 e. The Labute approximate surface area is 83.3 Å². The van der Waals surface area contributed by atoms with E-state index >= 15 is 0 Å². The highest BCUT2D eigenvalue weighted by atomic mass is 16.4. The zero-order valence-corrected chi connectivity index (χ0v) is 8.82. The van der Waals surface area contributed by atoms with Crippen LogP contribution < -0.4 is 10.6 Å². The third-order valence-corrected chi connectivity index (χ3v) is 2.86. The van der Waals surface area contributed by atoms with Crippen molar-refractivity contribution in [3.8, 4) is 0 Å². The topological polar surface area (TPSA) is 68.2 Å². The molecule has 0 radical (unpaired) electrons. The average molecular weight is 196 g/mol. The second kappa shape index (κ2) is 2.87. The molecule has 0 saturated heterocycles. The van der Waals surface area contributed by atoms with E-state index in [4.69, 9.17) is 10.2 Å². The lowest BCUT2D eigenvalue weighted by Crippen LogP contribution is -2.47. The van der Waals surface area contributed by atoms with Crippen molar-refractivity contribution in [2.45, 2.75) is 32.7 Å². The molecule has 2 rings (SSSR count). The van der Waals surface area contributed by atoms with Crippen molar-refractivity contribution in [3.63, 3.8) is 0 Å². The summed E-state index contributed by atoms with van der Waals surface area (Å²) in [6.07, 6.45) is 2.32. The van der Waals surface area contributed by atoms with Crippen LogP contribution in [0, 0.1) is 5.41 Å². The lowest BCUT2D eigenvalue weighted by Gasteiger charge is -2.46. The molecule has 2 N–H and O–H groups in total. The summed E-state index contributed by atoms with van der Waals surface area (Å²) in [7, 11) is 1.97. The van der Waals surface area contributed by atoms with Crippen LogP contribution in [0.25, 0.3) is 0 Å². The van der Waals surface area contributed by atoms with E-state index in [1.807, 2.05) is 11.9 Å². The maximum absolute atomic E-state index is 5.36. The average Bonchev–Trinajstić information content (AvgIpc) is 2.46. The molecule has 1 aliphatic carbocycles. The third kappa shape index (κ3) is 1.54. The first-order chi connectivity index (χ1) is 6.48. The minimum absolute atomic E-state index is 0.130. The number of nitrogens with two attached hydrogens (primary N) is 1. The van der Waals surface area contributed by atoms with Crippen LogP contribution in [0.3, 0.4) is 0 Å². The predicted molar refractivity (Wildman–Crippen MR) is 53.9 cm³/mol. The summed E-state index contributed by atoms with van der Waals surface area (Å²) in [4.78, 5) is 2.01. The van der Waals surface area contributed by atoms with Crippen molar-refractivity contribution in [3.05, 3.63) is 0 Å². The van der Waals surface area contributed by atoms with Gasteiger partial charge in [0, 0.05) is 13.1 Å². The lowest BCUT2D eigenvalue weighted by atomic mass is 9.68. The molecule has 1 aliphatic rings. The maximum atomic E-state index is 5.36. The molecule has 0 aliphatic heterocycles. The Hall–Kier alpha value is -1.26. The van der Waals surface area contributed by atoms with Crippen LogP contribution in [0.1, 0.15) is 26.7 Å². The zero-order valence-electron chi connectivity index (χ0n) is 8.82. The molecule has 5 heteroatoms. The maximum Gasteiger partial charge on any atom is 0.319 e. The predicted octanol–water partition coefficient (Wildman–Crippen LogP) is 1.28. The van der Waals surface area contributed by atoms with Gasteiger partial charge in [-0.25, -0.2) is 0 Å². The number of anilines is 2. The number of rotatable bonds is 2. The second-order valence-electron chi connectivity index (χ2n) is 4.76. The molecule has 0 amide bonds. The molecule has 14 heavy (non-hydrogen) atoms. The fourth-order valence-corrected chi connectivity index (χ4v) is 2.01. The molecule has 0 atom stereocenters. The van der Waals surface area contributed by atoms with Gasteiger partial charge in [-0.2, -0.15) is 0 Å². The third-order valence-electron chi connectivity index (χ3n) is 2.86. The number of nitrogens with zero attached hydrogens (tertiary/aromatic N) is 3. The van der Waals surface area contributed by atoms with Crippen molar-refractivity contribution < 1.29 is 4.42 Å². The number of nitrogen functional groups attached to an aromatic ring is 1. The van der Waals surface area contributed by atoms with Crippen molar-refractivity contribution in [2.75, 3.05) is 17.7 Å².